The van der Waals surface area contributed by atoms with Crippen molar-refractivity contribution >= 4 is 5.84 Å². The van der Waals surface area contributed by atoms with Crippen molar-refractivity contribution in [1.82, 2.24) is 5.32 Å². The molecule has 0 saturated carbocycles. The van der Waals surface area contributed by atoms with Crippen LogP contribution < -0.4 is 10.1 Å². The lowest BCUT2D eigenvalue weighted by atomic mass is 9.99. The van der Waals surface area contributed by atoms with Crippen LogP contribution in [0.3, 0.4) is 0 Å². The van der Waals surface area contributed by atoms with Crippen LogP contribution in [0.5, 0.6) is 5.75 Å². The molecule has 1 aromatic carbocycles. The summed E-state index contributed by atoms with van der Waals surface area (Å²) in [5, 5.41) is 2.93. The van der Waals surface area contributed by atoms with Crippen LogP contribution in [0, 0.1) is 0 Å². The van der Waals surface area contributed by atoms with Gasteiger partial charge in [0.1, 0.15) is 11.6 Å². The van der Waals surface area contributed by atoms with Gasteiger partial charge in [-0.3, -0.25) is 4.99 Å². The van der Waals surface area contributed by atoms with Crippen LogP contribution in [-0.2, 0) is 12.3 Å². The van der Waals surface area contributed by atoms with Crippen LogP contribution in [0.25, 0.3) is 0 Å². The van der Waals surface area contributed by atoms with Gasteiger partial charge in [0.15, 0.2) is 0 Å². The number of ether oxygens (including phenoxy) is 1. The third-order valence-electron chi connectivity index (χ3n) is 2.89. The number of hydrogen-bond acceptors (Lipinski definition) is 3. The van der Waals surface area contributed by atoms with Crippen molar-refractivity contribution in [3.63, 3.8) is 0 Å². The highest BCUT2D eigenvalue weighted by atomic mass is 19.4. The molecule has 0 amide bonds. The first kappa shape index (κ1) is 15.5. The number of nitrogens with one attached hydrogen (secondary N) is 1. The molecule has 21 heavy (non-hydrogen) atoms. The summed E-state index contributed by atoms with van der Waals surface area (Å²) in [6, 6.07) is 2.95. The van der Waals surface area contributed by atoms with E-state index in [1.54, 1.807) is 0 Å². The van der Waals surface area contributed by atoms with Crippen LogP contribution >= 0.6 is 0 Å². The fraction of sp³-hybridized carbons (Fsp3) is 0.462. The van der Waals surface area contributed by atoms with E-state index in [9.17, 15) is 22.0 Å². The van der Waals surface area contributed by atoms with Gasteiger partial charge >= 0.3 is 6.36 Å². The smallest absolute Gasteiger partial charge is 0.406 e. The molecule has 0 bridgehead atoms. The maximum absolute atomic E-state index is 13.6. The Morgan fingerprint density at radius 3 is 2.48 bits per heavy atom. The number of alkyl halides is 5. The van der Waals surface area contributed by atoms with Gasteiger partial charge in [-0.25, -0.2) is 8.78 Å². The van der Waals surface area contributed by atoms with E-state index in [0.717, 1.165) is 12.1 Å². The molecule has 1 heterocycles. The van der Waals surface area contributed by atoms with Gasteiger partial charge in [-0.1, -0.05) is 6.07 Å². The molecule has 1 N–H and O–H groups in total. The monoisotopic (exact) mass is 308 g/mol. The maximum Gasteiger partial charge on any atom is 0.573 e. The van der Waals surface area contributed by atoms with Crippen LogP contribution in [0.2, 0.25) is 0 Å². The Morgan fingerprint density at radius 2 is 1.95 bits per heavy atom. The van der Waals surface area contributed by atoms with Gasteiger partial charge in [0, 0.05) is 25.5 Å². The Balaban J connectivity index is 2.31. The zero-order valence-electron chi connectivity index (χ0n) is 11.1. The van der Waals surface area contributed by atoms with E-state index in [-0.39, 0.29) is 12.0 Å². The zero-order chi connectivity index (χ0) is 15.7. The minimum Gasteiger partial charge on any atom is -0.406 e. The summed E-state index contributed by atoms with van der Waals surface area (Å²) in [5.74, 6) is -3.39. The van der Waals surface area contributed by atoms with E-state index in [0.29, 0.717) is 25.8 Å². The Bertz CT molecular complexity index is 548. The highest BCUT2D eigenvalue weighted by Crippen LogP contribution is 2.34. The number of nitrogens with zero attached hydrogens (tertiary/aromatic N) is 1. The molecule has 0 aliphatic carbocycles. The molecule has 0 radical (unpaired) electrons. The van der Waals surface area contributed by atoms with Crippen molar-refractivity contribution in [1.29, 1.82) is 0 Å². The molecule has 0 saturated heterocycles. The van der Waals surface area contributed by atoms with Gasteiger partial charge in [-0.2, -0.15) is 0 Å². The number of rotatable bonds is 4. The normalized spacial score (nSPS) is 15.6. The number of hydrogen-bond donors (Lipinski definition) is 1. The van der Waals surface area contributed by atoms with Gasteiger partial charge in [0.25, 0.3) is 5.92 Å². The minimum atomic E-state index is -4.92. The summed E-state index contributed by atoms with van der Waals surface area (Å²) in [4.78, 5) is 4.09. The quantitative estimate of drug-likeness (QED) is 0.866. The molecule has 1 aromatic rings. The SMILES string of the molecule is CC(F)(F)c1cc(OC(F)(F)F)ccc1CC1=NCCN1. The minimum absolute atomic E-state index is 0.116. The Morgan fingerprint density at radius 1 is 1.24 bits per heavy atom. The molecule has 1 aliphatic heterocycles. The highest BCUT2D eigenvalue weighted by Gasteiger charge is 2.33. The molecule has 0 spiro atoms. The molecule has 2 rings (SSSR count). The number of aliphatic imine (C=N–C) groups is 1. The summed E-state index contributed by atoms with van der Waals surface area (Å²) in [5.41, 5.74) is -0.286. The molecule has 3 nitrogen and oxygen atoms in total. The number of benzene rings is 1. The topological polar surface area (TPSA) is 33.6 Å². The molecule has 1 aliphatic rings. The molecular formula is C13H13F5N2O. The van der Waals surface area contributed by atoms with E-state index in [2.05, 4.69) is 15.0 Å². The van der Waals surface area contributed by atoms with Crippen LogP contribution in [0.1, 0.15) is 18.1 Å². The summed E-state index contributed by atoms with van der Waals surface area (Å²) >= 11 is 0. The molecule has 116 valence electrons. The van der Waals surface area contributed by atoms with Gasteiger partial charge in [0.05, 0.1) is 6.54 Å². The predicted octanol–water partition coefficient (Wildman–Crippen LogP) is 3.24. The van der Waals surface area contributed by atoms with Gasteiger partial charge < -0.3 is 10.1 Å². The lowest BCUT2D eigenvalue weighted by molar-refractivity contribution is -0.274. The molecular weight excluding hydrogens is 295 g/mol. The molecule has 0 aromatic heterocycles. The largest absolute Gasteiger partial charge is 0.573 e. The average molecular weight is 308 g/mol. The standard InChI is InChI=1S/C13H13F5N2O/c1-12(14,15)10-7-9(21-13(16,17)18)3-2-8(10)6-11-19-4-5-20-11/h2-3,7H,4-6H2,1H3,(H,19,20). The van der Waals surface area contributed by atoms with Gasteiger partial charge in [0.2, 0.25) is 0 Å². The van der Waals surface area contributed by atoms with Gasteiger partial charge in [-0.15, -0.1) is 13.2 Å². The van der Waals surface area contributed by atoms with Crippen LogP contribution in [0.15, 0.2) is 23.2 Å². The molecule has 0 unspecified atom stereocenters. The molecule has 0 atom stereocenters. The molecule has 0 fully saturated rings. The first-order valence-corrected chi connectivity index (χ1v) is 6.19. The van der Waals surface area contributed by atoms with E-state index in [1.807, 2.05) is 0 Å². The summed E-state index contributed by atoms with van der Waals surface area (Å²) in [6.07, 6.45) is -4.80. The van der Waals surface area contributed by atoms with E-state index >= 15 is 0 Å². The van der Waals surface area contributed by atoms with Crippen LogP contribution in [-0.4, -0.2) is 25.3 Å². The first-order chi connectivity index (χ1) is 9.65. The Labute approximate surface area is 117 Å². The van der Waals surface area contributed by atoms with E-state index in [1.165, 1.54) is 6.07 Å². The van der Waals surface area contributed by atoms with Crippen molar-refractivity contribution in [2.45, 2.75) is 25.6 Å². The van der Waals surface area contributed by atoms with Crippen molar-refractivity contribution in [3.8, 4) is 5.75 Å². The lowest BCUT2D eigenvalue weighted by Crippen LogP contribution is -2.23. The number of amidine groups is 1. The third kappa shape index (κ3) is 4.30. The zero-order valence-corrected chi connectivity index (χ0v) is 11.1. The average Bonchev–Trinajstić information content (AvgIpc) is 2.80. The fourth-order valence-electron chi connectivity index (χ4n) is 2.06. The summed E-state index contributed by atoms with van der Waals surface area (Å²) in [6.45, 7) is 1.82. The second kappa shape index (κ2) is 5.50. The highest BCUT2D eigenvalue weighted by molar-refractivity contribution is 5.86. The van der Waals surface area contributed by atoms with Gasteiger partial charge in [-0.05, 0) is 17.7 Å². The Hall–Kier alpha value is -1.86. The number of halogens is 5. The summed E-state index contributed by atoms with van der Waals surface area (Å²) in [7, 11) is 0. The fourth-order valence-corrected chi connectivity index (χ4v) is 2.06. The lowest BCUT2D eigenvalue weighted by Gasteiger charge is -2.18. The van der Waals surface area contributed by atoms with E-state index < -0.39 is 23.6 Å². The van der Waals surface area contributed by atoms with Crippen LogP contribution in [0.4, 0.5) is 22.0 Å². The predicted molar refractivity (Wildman–Crippen MR) is 66.7 cm³/mol. The van der Waals surface area contributed by atoms with Crippen molar-refractivity contribution in [2.75, 3.05) is 13.1 Å². The van der Waals surface area contributed by atoms with Crippen molar-refractivity contribution in [2.24, 2.45) is 4.99 Å². The van der Waals surface area contributed by atoms with E-state index in [4.69, 9.17) is 0 Å². The molecule has 8 heteroatoms. The maximum atomic E-state index is 13.6. The second-order valence-corrected chi connectivity index (χ2v) is 4.69. The Kier molecular flexibility index (Phi) is 4.06. The second-order valence-electron chi connectivity index (χ2n) is 4.69. The first-order valence-electron chi connectivity index (χ1n) is 6.19. The third-order valence-corrected chi connectivity index (χ3v) is 2.89. The van der Waals surface area contributed by atoms with Crippen molar-refractivity contribution in [3.05, 3.63) is 29.3 Å². The van der Waals surface area contributed by atoms with Crippen molar-refractivity contribution < 1.29 is 26.7 Å². The summed E-state index contributed by atoms with van der Waals surface area (Å²) < 4.78 is 67.4.